The summed E-state index contributed by atoms with van der Waals surface area (Å²) in [6, 6.07) is 10.4. The van der Waals surface area contributed by atoms with Crippen LogP contribution >= 0.6 is 0 Å². The van der Waals surface area contributed by atoms with E-state index in [1.54, 1.807) is 0 Å². The van der Waals surface area contributed by atoms with Crippen LogP contribution in [0.5, 0.6) is 0 Å². The van der Waals surface area contributed by atoms with Gasteiger partial charge in [0.05, 0.1) is 12.3 Å². The molecular formula is C15H21N3O2S. The Morgan fingerprint density at radius 1 is 1.29 bits per heavy atom. The average molecular weight is 307 g/mol. The Bertz CT molecular complexity index is 605. The van der Waals surface area contributed by atoms with Crippen molar-refractivity contribution in [1.82, 2.24) is 4.72 Å². The molecule has 114 valence electrons. The molecule has 0 unspecified atom stereocenters. The van der Waals surface area contributed by atoms with E-state index in [-0.39, 0.29) is 5.92 Å². The molecule has 1 aromatic carbocycles. The molecular weight excluding hydrogens is 286 g/mol. The van der Waals surface area contributed by atoms with Gasteiger partial charge in [0.25, 0.3) is 0 Å². The number of sulfonamides is 1. The van der Waals surface area contributed by atoms with Gasteiger partial charge in [-0.1, -0.05) is 18.6 Å². The van der Waals surface area contributed by atoms with Crippen LogP contribution in [0.25, 0.3) is 0 Å². The Balaban J connectivity index is 1.89. The highest BCUT2D eigenvalue weighted by molar-refractivity contribution is 7.88. The Hall–Kier alpha value is -1.58. The molecule has 0 saturated heterocycles. The first-order valence-corrected chi connectivity index (χ1v) is 9.05. The van der Waals surface area contributed by atoms with E-state index in [9.17, 15) is 8.42 Å². The molecule has 0 heterocycles. The summed E-state index contributed by atoms with van der Waals surface area (Å²) in [6.07, 6.45) is 5.23. The van der Waals surface area contributed by atoms with Crippen molar-refractivity contribution in [1.29, 1.82) is 5.26 Å². The van der Waals surface area contributed by atoms with Crippen molar-refractivity contribution >= 4 is 15.7 Å². The molecule has 0 spiro atoms. The molecule has 1 aliphatic rings. The van der Waals surface area contributed by atoms with E-state index >= 15 is 0 Å². The molecule has 0 aromatic heterocycles. The van der Waals surface area contributed by atoms with E-state index in [2.05, 4.69) is 16.1 Å². The Kier molecular flexibility index (Phi) is 5.21. The average Bonchev–Trinajstić information content (AvgIpc) is 2.46. The van der Waals surface area contributed by atoms with E-state index in [1.807, 2.05) is 24.3 Å². The van der Waals surface area contributed by atoms with Crippen molar-refractivity contribution in [2.45, 2.75) is 38.3 Å². The zero-order valence-corrected chi connectivity index (χ0v) is 13.0. The smallest absolute Gasteiger partial charge is 0.209 e. The van der Waals surface area contributed by atoms with Gasteiger partial charge in [-0.25, -0.2) is 13.1 Å². The van der Waals surface area contributed by atoms with Crippen molar-refractivity contribution in [3.8, 4) is 6.07 Å². The van der Waals surface area contributed by atoms with E-state index in [4.69, 9.17) is 5.26 Å². The lowest BCUT2D eigenvalue weighted by Crippen LogP contribution is -2.26. The molecule has 2 N–H and O–H groups in total. The van der Waals surface area contributed by atoms with Crippen LogP contribution in [0.1, 0.15) is 31.2 Å². The SMILES string of the molecule is CS(=O)(=O)NCc1ccc(N[C@@H]2CCC[C@H](C#N)C2)cc1. The van der Waals surface area contributed by atoms with Gasteiger partial charge in [-0.3, -0.25) is 0 Å². The maximum absolute atomic E-state index is 11.0. The standard InChI is InChI=1S/C15H21N3O2S/c1-21(19,20)17-11-12-5-7-14(8-6-12)18-15-4-2-3-13(9-15)10-16/h5-8,13,15,17-18H,2-4,9,11H2,1H3/t13-,15+/m0/s1. The third-order valence-corrected chi connectivity index (χ3v) is 4.39. The number of hydrogen-bond acceptors (Lipinski definition) is 4. The molecule has 1 fully saturated rings. The number of nitrogens with zero attached hydrogens (tertiary/aromatic N) is 1. The molecule has 21 heavy (non-hydrogen) atoms. The van der Waals surface area contributed by atoms with Gasteiger partial charge < -0.3 is 5.32 Å². The summed E-state index contributed by atoms with van der Waals surface area (Å²) in [5.74, 6) is 0.162. The second kappa shape index (κ2) is 6.92. The maximum atomic E-state index is 11.0. The Morgan fingerprint density at radius 2 is 2.00 bits per heavy atom. The summed E-state index contributed by atoms with van der Waals surface area (Å²) in [4.78, 5) is 0. The highest BCUT2D eigenvalue weighted by atomic mass is 32.2. The van der Waals surface area contributed by atoms with Gasteiger partial charge in [-0.2, -0.15) is 5.26 Å². The Labute approximate surface area is 126 Å². The van der Waals surface area contributed by atoms with E-state index in [1.165, 1.54) is 0 Å². The third kappa shape index (κ3) is 5.37. The summed E-state index contributed by atoms with van der Waals surface area (Å²) in [5.41, 5.74) is 1.94. The number of nitriles is 1. The van der Waals surface area contributed by atoms with Crippen LogP contribution in [0.4, 0.5) is 5.69 Å². The first-order valence-electron chi connectivity index (χ1n) is 7.16. The summed E-state index contributed by atoms with van der Waals surface area (Å²) in [5, 5.41) is 12.5. The van der Waals surface area contributed by atoms with Gasteiger partial charge in [0.1, 0.15) is 0 Å². The van der Waals surface area contributed by atoms with Crippen LogP contribution in [0.3, 0.4) is 0 Å². The summed E-state index contributed by atoms with van der Waals surface area (Å²) < 4.78 is 24.6. The Morgan fingerprint density at radius 3 is 2.62 bits per heavy atom. The minimum Gasteiger partial charge on any atom is -0.382 e. The van der Waals surface area contributed by atoms with E-state index < -0.39 is 10.0 Å². The van der Waals surface area contributed by atoms with Gasteiger partial charge in [0, 0.05) is 24.2 Å². The maximum Gasteiger partial charge on any atom is 0.209 e. The highest BCUT2D eigenvalue weighted by Gasteiger charge is 2.21. The van der Waals surface area contributed by atoms with Gasteiger partial charge in [-0.05, 0) is 37.0 Å². The summed E-state index contributed by atoms with van der Waals surface area (Å²) in [7, 11) is -3.16. The van der Waals surface area contributed by atoms with E-state index in [0.717, 1.165) is 43.2 Å². The topological polar surface area (TPSA) is 82.0 Å². The van der Waals surface area contributed by atoms with Crippen LogP contribution in [-0.4, -0.2) is 20.7 Å². The fourth-order valence-electron chi connectivity index (χ4n) is 2.61. The number of nitrogens with one attached hydrogen (secondary N) is 2. The first-order chi connectivity index (χ1) is 9.96. The van der Waals surface area contributed by atoms with E-state index in [0.29, 0.717) is 12.6 Å². The fourth-order valence-corrected chi connectivity index (χ4v) is 3.04. The highest BCUT2D eigenvalue weighted by Crippen LogP contribution is 2.26. The molecule has 6 heteroatoms. The lowest BCUT2D eigenvalue weighted by molar-refractivity contribution is 0.395. The van der Waals surface area contributed by atoms with Crippen LogP contribution in [-0.2, 0) is 16.6 Å². The minimum atomic E-state index is -3.16. The van der Waals surface area contributed by atoms with Crippen LogP contribution < -0.4 is 10.0 Å². The normalized spacial score (nSPS) is 22.5. The van der Waals surface area contributed by atoms with Crippen molar-refractivity contribution in [3.05, 3.63) is 29.8 Å². The predicted molar refractivity (Wildman–Crippen MR) is 83.1 cm³/mol. The number of hydrogen-bond donors (Lipinski definition) is 2. The first kappa shape index (κ1) is 15.8. The van der Waals surface area contributed by atoms with Crippen LogP contribution in [0, 0.1) is 17.2 Å². The minimum absolute atomic E-state index is 0.162. The lowest BCUT2D eigenvalue weighted by Gasteiger charge is -2.27. The molecule has 2 atom stereocenters. The number of anilines is 1. The fraction of sp³-hybridized carbons (Fsp3) is 0.533. The molecule has 5 nitrogen and oxygen atoms in total. The second-order valence-corrected chi connectivity index (χ2v) is 7.46. The van der Waals surface area contributed by atoms with Crippen molar-refractivity contribution < 1.29 is 8.42 Å². The predicted octanol–water partition coefficient (Wildman–Crippen LogP) is 2.23. The van der Waals surface area contributed by atoms with Gasteiger partial charge >= 0.3 is 0 Å². The van der Waals surface area contributed by atoms with Crippen molar-refractivity contribution in [2.24, 2.45) is 5.92 Å². The van der Waals surface area contributed by atoms with Gasteiger partial charge in [0.15, 0.2) is 0 Å². The largest absolute Gasteiger partial charge is 0.382 e. The zero-order valence-electron chi connectivity index (χ0n) is 12.2. The monoisotopic (exact) mass is 307 g/mol. The summed E-state index contributed by atoms with van der Waals surface area (Å²) >= 11 is 0. The second-order valence-electron chi connectivity index (χ2n) is 5.62. The van der Waals surface area contributed by atoms with Crippen molar-refractivity contribution in [3.63, 3.8) is 0 Å². The molecule has 1 aliphatic carbocycles. The molecule has 0 amide bonds. The molecule has 2 rings (SSSR count). The van der Waals surface area contributed by atoms with Gasteiger partial charge in [-0.15, -0.1) is 0 Å². The third-order valence-electron chi connectivity index (χ3n) is 3.72. The lowest BCUT2D eigenvalue weighted by atomic mass is 9.86. The number of benzene rings is 1. The molecule has 0 bridgehead atoms. The molecule has 0 aliphatic heterocycles. The quantitative estimate of drug-likeness (QED) is 0.874. The number of rotatable bonds is 5. The molecule has 0 radical (unpaired) electrons. The molecule has 1 saturated carbocycles. The summed E-state index contributed by atoms with van der Waals surface area (Å²) in [6.45, 7) is 0.305. The van der Waals surface area contributed by atoms with Crippen LogP contribution in [0.2, 0.25) is 0 Å². The molecule has 1 aromatic rings. The van der Waals surface area contributed by atoms with Crippen LogP contribution in [0.15, 0.2) is 24.3 Å². The zero-order chi connectivity index (χ0) is 15.3. The van der Waals surface area contributed by atoms with Crippen molar-refractivity contribution in [2.75, 3.05) is 11.6 Å². The van der Waals surface area contributed by atoms with Gasteiger partial charge in [0.2, 0.25) is 10.0 Å².